The molecule has 0 aromatic rings. The lowest BCUT2D eigenvalue weighted by Gasteiger charge is -2.07. The third-order valence-electron chi connectivity index (χ3n) is 2.33. The van der Waals surface area contributed by atoms with E-state index in [4.69, 9.17) is 0 Å². The normalized spacial score (nSPS) is 11.9. The minimum Gasteiger partial charge on any atom is -0.316 e. The van der Waals surface area contributed by atoms with Gasteiger partial charge >= 0.3 is 0 Å². The van der Waals surface area contributed by atoms with Crippen molar-refractivity contribution in [3.63, 3.8) is 0 Å². The van der Waals surface area contributed by atoms with Crippen LogP contribution in [-0.2, 0) is 10.0 Å². The van der Waals surface area contributed by atoms with E-state index in [1.54, 1.807) is 0 Å². The van der Waals surface area contributed by atoms with Crippen LogP contribution in [0.4, 0.5) is 0 Å². The van der Waals surface area contributed by atoms with E-state index in [1.807, 2.05) is 0 Å². The lowest BCUT2D eigenvalue weighted by atomic mass is 10.2. The minimum atomic E-state index is -3.06. The van der Waals surface area contributed by atoms with E-state index in [2.05, 4.69) is 23.9 Å². The highest BCUT2D eigenvalue weighted by molar-refractivity contribution is 7.89. The molecule has 4 nitrogen and oxygen atoms in total. The number of hydrogen-bond acceptors (Lipinski definition) is 3. The molecule has 0 amide bonds. The number of nitrogens with one attached hydrogen (secondary N) is 2. The van der Waals surface area contributed by atoms with Crippen LogP contribution < -0.4 is 10.0 Å². The fourth-order valence-corrected chi connectivity index (χ4v) is 2.37. The molecular formula is C11H26N2O2S. The van der Waals surface area contributed by atoms with Crippen molar-refractivity contribution in [2.45, 2.75) is 46.0 Å². The molecule has 0 aromatic heterocycles. The van der Waals surface area contributed by atoms with Gasteiger partial charge in [-0.1, -0.05) is 33.1 Å². The van der Waals surface area contributed by atoms with Crippen molar-refractivity contribution in [2.24, 2.45) is 0 Å². The molecule has 2 N–H and O–H groups in total. The maximum atomic E-state index is 11.5. The third kappa shape index (κ3) is 10.4. The Morgan fingerprint density at radius 1 is 0.875 bits per heavy atom. The molecule has 0 aliphatic heterocycles. The monoisotopic (exact) mass is 250 g/mol. The van der Waals surface area contributed by atoms with E-state index >= 15 is 0 Å². The third-order valence-corrected chi connectivity index (χ3v) is 3.71. The molecule has 0 unspecified atom stereocenters. The number of rotatable bonds is 11. The van der Waals surface area contributed by atoms with Gasteiger partial charge in [-0.2, -0.15) is 0 Å². The summed E-state index contributed by atoms with van der Waals surface area (Å²) < 4.78 is 25.6. The van der Waals surface area contributed by atoms with Gasteiger partial charge in [0.05, 0.1) is 5.75 Å². The van der Waals surface area contributed by atoms with Gasteiger partial charge in [-0.3, -0.25) is 0 Å². The second-order valence-electron chi connectivity index (χ2n) is 4.02. The van der Waals surface area contributed by atoms with Crippen LogP contribution in [0.15, 0.2) is 0 Å². The van der Waals surface area contributed by atoms with Crippen molar-refractivity contribution in [1.82, 2.24) is 10.0 Å². The zero-order chi connectivity index (χ0) is 12.3. The number of hydrogen-bond donors (Lipinski definition) is 2. The van der Waals surface area contributed by atoms with E-state index < -0.39 is 10.0 Å². The summed E-state index contributed by atoms with van der Waals surface area (Å²) in [5, 5.41) is 3.08. The van der Waals surface area contributed by atoms with Crippen molar-refractivity contribution >= 4 is 10.0 Å². The quantitative estimate of drug-likeness (QED) is 0.546. The van der Waals surface area contributed by atoms with E-state index in [0.29, 0.717) is 13.1 Å². The Labute approximate surface area is 100 Å². The highest BCUT2D eigenvalue weighted by Crippen LogP contribution is 1.97. The van der Waals surface area contributed by atoms with Crippen LogP contribution in [0.3, 0.4) is 0 Å². The average Bonchev–Trinajstić information content (AvgIpc) is 2.24. The van der Waals surface area contributed by atoms with Gasteiger partial charge in [0.2, 0.25) is 10.0 Å². The molecule has 0 aliphatic carbocycles. The lowest BCUT2D eigenvalue weighted by molar-refractivity contribution is 0.569. The molecule has 0 spiro atoms. The van der Waals surface area contributed by atoms with Gasteiger partial charge < -0.3 is 5.32 Å². The number of sulfonamides is 1. The summed E-state index contributed by atoms with van der Waals surface area (Å²) in [6.45, 7) is 6.21. The van der Waals surface area contributed by atoms with Crippen LogP contribution >= 0.6 is 0 Å². The minimum absolute atomic E-state index is 0.181. The topological polar surface area (TPSA) is 58.2 Å². The van der Waals surface area contributed by atoms with Crippen LogP contribution in [0, 0.1) is 0 Å². The Bertz CT molecular complexity index is 240. The first-order chi connectivity index (χ1) is 7.62. The summed E-state index contributed by atoms with van der Waals surface area (Å²) in [6.07, 6.45) is 5.43. The maximum Gasteiger partial charge on any atom is 0.212 e. The summed E-state index contributed by atoms with van der Waals surface area (Å²) in [7, 11) is -3.06. The molecular weight excluding hydrogens is 224 g/mol. The smallest absolute Gasteiger partial charge is 0.212 e. The van der Waals surface area contributed by atoms with Crippen LogP contribution in [0.2, 0.25) is 0 Å². The van der Waals surface area contributed by atoms with E-state index in [9.17, 15) is 8.42 Å². The van der Waals surface area contributed by atoms with Gasteiger partial charge in [0.25, 0.3) is 0 Å². The zero-order valence-electron chi connectivity index (χ0n) is 10.6. The van der Waals surface area contributed by atoms with Crippen LogP contribution in [0.5, 0.6) is 0 Å². The molecule has 0 fully saturated rings. The van der Waals surface area contributed by atoms with Crippen molar-refractivity contribution in [2.75, 3.05) is 25.4 Å². The maximum absolute atomic E-state index is 11.5. The lowest BCUT2D eigenvalue weighted by Crippen LogP contribution is -2.32. The summed E-state index contributed by atoms with van der Waals surface area (Å²) in [5.41, 5.74) is 0. The van der Waals surface area contributed by atoms with Gasteiger partial charge in [-0.05, 0) is 19.4 Å². The molecule has 5 heteroatoms. The van der Waals surface area contributed by atoms with Gasteiger partial charge in [0.1, 0.15) is 0 Å². The summed E-state index contributed by atoms with van der Waals surface area (Å²) >= 11 is 0. The van der Waals surface area contributed by atoms with Crippen molar-refractivity contribution in [3.05, 3.63) is 0 Å². The van der Waals surface area contributed by atoms with Crippen LogP contribution in [0.1, 0.15) is 46.0 Å². The Morgan fingerprint density at radius 3 is 2.25 bits per heavy atom. The fourth-order valence-electron chi connectivity index (χ4n) is 1.36. The van der Waals surface area contributed by atoms with E-state index in [0.717, 1.165) is 25.8 Å². The molecule has 0 heterocycles. The van der Waals surface area contributed by atoms with Gasteiger partial charge in [0.15, 0.2) is 0 Å². The molecule has 0 aromatic carbocycles. The van der Waals surface area contributed by atoms with Crippen molar-refractivity contribution < 1.29 is 8.42 Å². The van der Waals surface area contributed by atoms with Crippen molar-refractivity contribution in [1.29, 1.82) is 0 Å². The molecule has 0 atom stereocenters. The fraction of sp³-hybridized carbons (Fsp3) is 1.00. The Morgan fingerprint density at radius 2 is 1.62 bits per heavy atom. The first-order valence-electron chi connectivity index (χ1n) is 6.30. The standard InChI is InChI=1S/C11H26N2O2S/c1-3-5-6-7-9-13-16(14,15)11-10-12-8-4-2/h12-13H,3-11H2,1-2H3. The predicted octanol–water partition coefficient (Wildman–Crippen LogP) is 1.49. The molecule has 0 saturated heterocycles. The van der Waals surface area contributed by atoms with Crippen LogP contribution in [-0.4, -0.2) is 33.8 Å². The largest absolute Gasteiger partial charge is 0.316 e. The van der Waals surface area contributed by atoms with Crippen molar-refractivity contribution in [3.8, 4) is 0 Å². The molecule has 16 heavy (non-hydrogen) atoms. The molecule has 98 valence electrons. The number of unbranched alkanes of at least 4 members (excludes halogenated alkanes) is 3. The summed E-state index contributed by atoms with van der Waals surface area (Å²) in [6, 6.07) is 0. The highest BCUT2D eigenvalue weighted by atomic mass is 32.2. The van der Waals surface area contributed by atoms with Gasteiger partial charge in [-0.15, -0.1) is 0 Å². The average molecular weight is 250 g/mol. The van der Waals surface area contributed by atoms with Crippen LogP contribution in [0.25, 0.3) is 0 Å². The first-order valence-corrected chi connectivity index (χ1v) is 7.95. The highest BCUT2D eigenvalue weighted by Gasteiger charge is 2.07. The molecule has 0 rings (SSSR count). The molecule has 0 radical (unpaired) electrons. The summed E-state index contributed by atoms with van der Waals surface area (Å²) in [5.74, 6) is 0.181. The zero-order valence-corrected chi connectivity index (χ0v) is 11.4. The van der Waals surface area contributed by atoms with Gasteiger partial charge in [0, 0.05) is 13.1 Å². The molecule has 0 aliphatic rings. The Kier molecular flexibility index (Phi) is 9.97. The molecule has 0 bridgehead atoms. The Balaban J connectivity index is 3.47. The molecule has 0 saturated carbocycles. The first kappa shape index (κ1) is 15.9. The Hall–Kier alpha value is -0.130. The van der Waals surface area contributed by atoms with E-state index in [-0.39, 0.29) is 5.75 Å². The van der Waals surface area contributed by atoms with E-state index in [1.165, 1.54) is 12.8 Å². The summed E-state index contributed by atoms with van der Waals surface area (Å²) in [4.78, 5) is 0. The second-order valence-corrected chi connectivity index (χ2v) is 5.95. The SMILES string of the molecule is CCCCCCNS(=O)(=O)CCNCCC. The predicted molar refractivity (Wildman–Crippen MR) is 69.1 cm³/mol. The second kappa shape index (κ2) is 10.1. The van der Waals surface area contributed by atoms with Gasteiger partial charge in [-0.25, -0.2) is 13.1 Å².